The number of carboxylic acids is 1. The molecule has 0 radical (unpaired) electrons. The van der Waals surface area contributed by atoms with Crippen LogP contribution in [0.25, 0.3) is 17.4 Å². The largest absolute Gasteiger partial charge is 0.481 e. The van der Waals surface area contributed by atoms with Crippen molar-refractivity contribution in [3.05, 3.63) is 53.1 Å². The molecule has 7 heteroatoms. The van der Waals surface area contributed by atoms with Crippen molar-refractivity contribution >= 4 is 46.3 Å². The quantitative estimate of drug-likeness (QED) is 0.431. The van der Waals surface area contributed by atoms with Gasteiger partial charge in [-0.15, -0.1) is 0 Å². The molecule has 1 N–H and O–H groups in total. The van der Waals surface area contributed by atoms with Gasteiger partial charge in [0.2, 0.25) is 0 Å². The van der Waals surface area contributed by atoms with E-state index in [-0.39, 0.29) is 12.3 Å². The fourth-order valence-corrected chi connectivity index (χ4v) is 3.84. The van der Waals surface area contributed by atoms with Gasteiger partial charge in [-0.1, -0.05) is 54.3 Å². The Labute approximate surface area is 160 Å². The molecule has 0 spiro atoms. The maximum atomic E-state index is 12.5. The van der Waals surface area contributed by atoms with E-state index in [0.29, 0.717) is 34.4 Å². The lowest BCUT2D eigenvalue weighted by Crippen LogP contribution is -2.29. The van der Waals surface area contributed by atoms with E-state index in [1.54, 1.807) is 6.08 Å². The number of rotatable bonds is 7. The van der Waals surface area contributed by atoms with Crippen LogP contribution in [0.15, 0.2) is 51.8 Å². The number of unbranched alkanes of at least 4 members (excludes halogenated alkanes) is 1. The fourth-order valence-electron chi connectivity index (χ4n) is 2.56. The molecular weight excluding hydrogens is 370 g/mol. The molecule has 1 aliphatic rings. The minimum atomic E-state index is -0.831. The van der Waals surface area contributed by atoms with Crippen LogP contribution in [0, 0.1) is 0 Å². The molecule has 2 aromatic rings. The summed E-state index contributed by atoms with van der Waals surface area (Å²) in [7, 11) is 0. The van der Waals surface area contributed by atoms with Gasteiger partial charge >= 0.3 is 5.97 Å². The minimum absolute atomic E-state index is 0.0965. The predicted molar refractivity (Wildman–Crippen MR) is 106 cm³/mol. The lowest BCUT2D eigenvalue weighted by molar-refractivity contribution is -0.137. The Hall–Kier alpha value is -2.38. The zero-order valence-electron chi connectivity index (χ0n) is 13.9. The number of hydrogen-bond donors (Lipinski definition) is 1. The summed E-state index contributed by atoms with van der Waals surface area (Å²) in [5.74, 6) is 0.339. The monoisotopic (exact) mass is 387 g/mol. The molecule has 0 aliphatic carbocycles. The van der Waals surface area contributed by atoms with Crippen LogP contribution < -0.4 is 0 Å². The SMILES string of the molecule is O=C(O)CCCCN1C(=O)C(=Cc2ccc(-c3ccccc3)o2)SC1=S. The molecular formula is C19H17NO4S2. The van der Waals surface area contributed by atoms with E-state index >= 15 is 0 Å². The molecule has 1 aromatic heterocycles. The first-order valence-corrected chi connectivity index (χ1v) is 9.39. The highest BCUT2D eigenvalue weighted by Crippen LogP contribution is 2.33. The molecule has 1 aliphatic heterocycles. The summed E-state index contributed by atoms with van der Waals surface area (Å²) in [5, 5.41) is 8.67. The number of carboxylic acid groups (broad SMARTS) is 1. The molecule has 1 saturated heterocycles. The van der Waals surface area contributed by atoms with E-state index in [4.69, 9.17) is 21.7 Å². The predicted octanol–water partition coefficient (Wildman–Crippen LogP) is 4.40. The Bertz CT molecular complexity index is 857. The maximum Gasteiger partial charge on any atom is 0.303 e. The highest BCUT2D eigenvalue weighted by molar-refractivity contribution is 8.26. The number of thiocarbonyl (C=S) groups is 1. The number of carbonyl (C=O) groups is 2. The number of hydrogen-bond acceptors (Lipinski definition) is 5. The first kappa shape index (κ1) is 18.4. The third kappa shape index (κ3) is 4.42. The van der Waals surface area contributed by atoms with Gasteiger partial charge in [-0.3, -0.25) is 14.5 Å². The van der Waals surface area contributed by atoms with Gasteiger partial charge in [-0.2, -0.15) is 0 Å². The maximum absolute atomic E-state index is 12.5. The second-order valence-corrected chi connectivity index (χ2v) is 7.43. The van der Waals surface area contributed by atoms with Gasteiger partial charge in [0, 0.05) is 24.6 Å². The van der Waals surface area contributed by atoms with Crippen LogP contribution >= 0.6 is 24.0 Å². The number of amides is 1. The number of furan rings is 1. The van der Waals surface area contributed by atoms with Crippen LogP contribution in [0.4, 0.5) is 0 Å². The van der Waals surface area contributed by atoms with Gasteiger partial charge in [0.15, 0.2) is 0 Å². The van der Waals surface area contributed by atoms with Gasteiger partial charge in [0.1, 0.15) is 15.8 Å². The molecule has 1 aromatic carbocycles. The van der Waals surface area contributed by atoms with Gasteiger partial charge in [-0.25, -0.2) is 0 Å². The Balaban J connectivity index is 1.66. The highest BCUT2D eigenvalue weighted by Gasteiger charge is 2.31. The summed E-state index contributed by atoms with van der Waals surface area (Å²) < 4.78 is 6.30. The minimum Gasteiger partial charge on any atom is -0.481 e. The molecule has 1 amide bonds. The summed E-state index contributed by atoms with van der Waals surface area (Å²) in [6.07, 6.45) is 2.91. The molecule has 2 heterocycles. The van der Waals surface area contributed by atoms with Crippen LogP contribution in [0.2, 0.25) is 0 Å². The van der Waals surface area contributed by atoms with Gasteiger partial charge in [0.25, 0.3) is 5.91 Å². The number of carbonyl (C=O) groups excluding carboxylic acids is 1. The molecule has 1 fully saturated rings. The van der Waals surface area contributed by atoms with Gasteiger partial charge in [0.05, 0.1) is 4.91 Å². The molecule has 0 saturated carbocycles. The van der Waals surface area contributed by atoms with Crippen LogP contribution in [-0.2, 0) is 9.59 Å². The zero-order chi connectivity index (χ0) is 18.5. The van der Waals surface area contributed by atoms with E-state index in [9.17, 15) is 9.59 Å². The van der Waals surface area contributed by atoms with E-state index in [1.807, 2.05) is 42.5 Å². The highest BCUT2D eigenvalue weighted by atomic mass is 32.2. The Morgan fingerprint density at radius 1 is 1.19 bits per heavy atom. The van der Waals surface area contributed by atoms with Crippen LogP contribution in [-0.4, -0.2) is 32.7 Å². The third-order valence-electron chi connectivity index (χ3n) is 3.85. The van der Waals surface area contributed by atoms with Crippen LogP contribution in [0.3, 0.4) is 0 Å². The zero-order valence-corrected chi connectivity index (χ0v) is 15.5. The topological polar surface area (TPSA) is 70.8 Å². The number of thioether (sulfide) groups is 1. The molecule has 3 rings (SSSR count). The first-order valence-electron chi connectivity index (χ1n) is 8.17. The molecule has 0 bridgehead atoms. The summed E-state index contributed by atoms with van der Waals surface area (Å²) in [6.45, 7) is 0.433. The third-order valence-corrected chi connectivity index (χ3v) is 5.23. The smallest absolute Gasteiger partial charge is 0.303 e. The molecule has 26 heavy (non-hydrogen) atoms. The average Bonchev–Trinajstić information content (AvgIpc) is 3.19. The van der Waals surface area contributed by atoms with Crippen molar-refractivity contribution in [1.82, 2.24) is 4.90 Å². The summed E-state index contributed by atoms with van der Waals surface area (Å²) in [6, 6.07) is 13.4. The van der Waals surface area contributed by atoms with Crippen molar-refractivity contribution in [3.63, 3.8) is 0 Å². The molecule has 5 nitrogen and oxygen atoms in total. The van der Waals surface area contributed by atoms with E-state index in [1.165, 1.54) is 16.7 Å². The van der Waals surface area contributed by atoms with Crippen molar-refractivity contribution in [2.45, 2.75) is 19.3 Å². The van der Waals surface area contributed by atoms with Crippen molar-refractivity contribution in [1.29, 1.82) is 0 Å². The summed E-state index contributed by atoms with van der Waals surface area (Å²) in [5.41, 5.74) is 0.970. The first-order chi connectivity index (χ1) is 12.5. The van der Waals surface area contributed by atoms with Crippen molar-refractivity contribution in [2.24, 2.45) is 0 Å². The fraction of sp³-hybridized carbons (Fsp3) is 0.211. The van der Waals surface area contributed by atoms with Gasteiger partial charge < -0.3 is 9.52 Å². The average molecular weight is 387 g/mol. The number of benzene rings is 1. The standard InChI is InChI=1S/C19H17NO4S2/c21-17(22)8-4-5-11-20-18(23)16(26-19(20)25)12-14-9-10-15(24-14)13-6-2-1-3-7-13/h1-3,6-7,9-10,12H,4-5,8,11H2,(H,21,22). The Kier molecular flexibility index (Phi) is 5.90. The number of aliphatic carboxylic acids is 1. The second-order valence-electron chi connectivity index (χ2n) is 5.75. The molecule has 134 valence electrons. The van der Waals surface area contributed by atoms with Crippen LogP contribution in [0.5, 0.6) is 0 Å². The molecule has 0 atom stereocenters. The number of nitrogens with zero attached hydrogens (tertiary/aromatic N) is 1. The van der Waals surface area contributed by atoms with Crippen molar-refractivity contribution in [2.75, 3.05) is 6.54 Å². The lowest BCUT2D eigenvalue weighted by atomic mass is 10.2. The van der Waals surface area contributed by atoms with E-state index in [2.05, 4.69) is 0 Å². The van der Waals surface area contributed by atoms with Gasteiger partial charge in [-0.05, 0) is 25.0 Å². The van der Waals surface area contributed by atoms with E-state index in [0.717, 1.165) is 11.3 Å². The summed E-state index contributed by atoms with van der Waals surface area (Å²) >= 11 is 6.51. The second kappa shape index (κ2) is 8.33. The Morgan fingerprint density at radius 2 is 1.96 bits per heavy atom. The Morgan fingerprint density at radius 3 is 2.69 bits per heavy atom. The van der Waals surface area contributed by atoms with Crippen molar-refractivity contribution in [3.8, 4) is 11.3 Å². The van der Waals surface area contributed by atoms with Crippen molar-refractivity contribution < 1.29 is 19.1 Å². The lowest BCUT2D eigenvalue weighted by Gasteiger charge is -2.13. The van der Waals surface area contributed by atoms with E-state index < -0.39 is 5.97 Å². The summed E-state index contributed by atoms with van der Waals surface area (Å²) in [4.78, 5) is 25.1. The molecule has 0 unspecified atom stereocenters. The normalized spacial score (nSPS) is 15.8. The van der Waals surface area contributed by atoms with Crippen LogP contribution in [0.1, 0.15) is 25.0 Å².